The summed E-state index contributed by atoms with van der Waals surface area (Å²) >= 11 is 0. The molecule has 25 heavy (non-hydrogen) atoms. The second-order valence-corrected chi connectivity index (χ2v) is 5.92. The smallest absolute Gasteiger partial charge is 0.160 e. The van der Waals surface area contributed by atoms with Gasteiger partial charge in [-0.15, -0.1) is 0 Å². The standard InChI is InChI=1S/C20H27NO4/c1-15-4-7-18(8-5-15)25-14-17(22)13-21-11-10-16-6-9-19(23-2)20(12-16)24-3/h4-9,12,17,21-22H,10-11,13-14H2,1-3H3/t17-/m0/s1. The van der Waals surface area contributed by atoms with Gasteiger partial charge in [-0.1, -0.05) is 23.8 Å². The van der Waals surface area contributed by atoms with E-state index in [0.29, 0.717) is 6.54 Å². The van der Waals surface area contributed by atoms with Crippen LogP contribution in [0, 0.1) is 6.92 Å². The molecule has 5 nitrogen and oxygen atoms in total. The van der Waals surface area contributed by atoms with E-state index < -0.39 is 6.10 Å². The van der Waals surface area contributed by atoms with E-state index in [1.54, 1.807) is 14.2 Å². The molecule has 0 unspecified atom stereocenters. The largest absolute Gasteiger partial charge is 0.493 e. The molecule has 0 radical (unpaired) electrons. The fourth-order valence-electron chi connectivity index (χ4n) is 2.42. The molecular formula is C20H27NO4. The summed E-state index contributed by atoms with van der Waals surface area (Å²) in [4.78, 5) is 0. The highest BCUT2D eigenvalue weighted by atomic mass is 16.5. The number of hydrogen-bond donors (Lipinski definition) is 2. The average Bonchev–Trinajstić information content (AvgIpc) is 2.64. The molecule has 0 aliphatic carbocycles. The lowest BCUT2D eigenvalue weighted by atomic mass is 10.1. The number of ether oxygens (including phenoxy) is 3. The van der Waals surface area contributed by atoms with Crippen molar-refractivity contribution in [3.05, 3.63) is 53.6 Å². The average molecular weight is 345 g/mol. The Morgan fingerprint density at radius 1 is 1.00 bits per heavy atom. The van der Waals surface area contributed by atoms with Crippen molar-refractivity contribution >= 4 is 0 Å². The van der Waals surface area contributed by atoms with Crippen molar-refractivity contribution in [2.45, 2.75) is 19.4 Å². The minimum Gasteiger partial charge on any atom is -0.493 e. The molecule has 0 spiro atoms. The highest BCUT2D eigenvalue weighted by Crippen LogP contribution is 2.27. The molecule has 136 valence electrons. The fraction of sp³-hybridized carbons (Fsp3) is 0.400. The molecule has 2 N–H and O–H groups in total. The van der Waals surface area contributed by atoms with Gasteiger partial charge in [-0.25, -0.2) is 0 Å². The van der Waals surface area contributed by atoms with Crippen molar-refractivity contribution in [2.75, 3.05) is 33.9 Å². The van der Waals surface area contributed by atoms with Gasteiger partial charge in [0.15, 0.2) is 11.5 Å². The second-order valence-electron chi connectivity index (χ2n) is 5.92. The third-order valence-corrected chi connectivity index (χ3v) is 3.88. The minimum absolute atomic E-state index is 0.270. The number of benzene rings is 2. The van der Waals surface area contributed by atoms with Crippen LogP contribution in [0.5, 0.6) is 17.2 Å². The van der Waals surface area contributed by atoms with Crippen molar-refractivity contribution in [2.24, 2.45) is 0 Å². The van der Waals surface area contributed by atoms with E-state index in [-0.39, 0.29) is 6.61 Å². The number of aliphatic hydroxyl groups excluding tert-OH is 1. The predicted molar refractivity (Wildman–Crippen MR) is 98.8 cm³/mol. The van der Waals surface area contributed by atoms with E-state index in [1.165, 1.54) is 5.56 Å². The van der Waals surface area contributed by atoms with Crippen LogP contribution >= 0.6 is 0 Å². The summed E-state index contributed by atoms with van der Waals surface area (Å²) in [5.74, 6) is 2.23. The van der Waals surface area contributed by atoms with Gasteiger partial charge >= 0.3 is 0 Å². The molecular weight excluding hydrogens is 318 g/mol. The lowest BCUT2D eigenvalue weighted by Gasteiger charge is -2.14. The molecule has 0 aliphatic rings. The first-order chi connectivity index (χ1) is 12.1. The number of methoxy groups -OCH3 is 2. The number of hydrogen-bond acceptors (Lipinski definition) is 5. The summed E-state index contributed by atoms with van der Waals surface area (Å²) in [5.41, 5.74) is 2.33. The van der Waals surface area contributed by atoms with Crippen LogP contribution in [0.2, 0.25) is 0 Å². The van der Waals surface area contributed by atoms with Crippen LogP contribution in [0.25, 0.3) is 0 Å². The Balaban J connectivity index is 1.67. The Morgan fingerprint density at radius 2 is 1.72 bits per heavy atom. The molecule has 0 aromatic heterocycles. The van der Waals surface area contributed by atoms with Crippen molar-refractivity contribution in [3.8, 4) is 17.2 Å². The molecule has 0 bridgehead atoms. The first-order valence-electron chi connectivity index (χ1n) is 8.41. The van der Waals surface area contributed by atoms with Gasteiger partial charge in [0, 0.05) is 6.54 Å². The normalized spacial score (nSPS) is 11.8. The summed E-state index contributed by atoms with van der Waals surface area (Å²) in [6.07, 6.45) is 0.290. The van der Waals surface area contributed by atoms with Crippen LogP contribution in [0.1, 0.15) is 11.1 Å². The van der Waals surface area contributed by atoms with Gasteiger partial charge in [-0.05, 0) is 49.7 Å². The van der Waals surface area contributed by atoms with Crippen LogP contribution in [0.15, 0.2) is 42.5 Å². The van der Waals surface area contributed by atoms with E-state index >= 15 is 0 Å². The van der Waals surface area contributed by atoms with Gasteiger partial charge in [0.25, 0.3) is 0 Å². The van der Waals surface area contributed by atoms with Crippen molar-refractivity contribution in [1.29, 1.82) is 0 Å². The van der Waals surface area contributed by atoms with E-state index in [0.717, 1.165) is 35.8 Å². The third-order valence-electron chi connectivity index (χ3n) is 3.88. The van der Waals surface area contributed by atoms with Gasteiger partial charge in [0.05, 0.1) is 14.2 Å². The van der Waals surface area contributed by atoms with Gasteiger partial charge in [-0.2, -0.15) is 0 Å². The van der Waals surface area contributed by atoms with Crippen LogP contribution < -0.4 is 19.5 Å². The highest BCUT2D eigenvalue weighted by molar-refractivity contribution is 5.42. The van der Waals surface area contributed by atoms with Gasteiger partial charge < -0.3 is 24.6 Å². The summed E-state index contributed by atoms with van der Waals surface area (Å²) in [5, 5.41) is 13.2. The molecule has 0 aliphatic heterocycles. The number of nitrogens with one attached hydrogen (secondary N) is 1. The summed E-state index contributed by atoms with van der Waals surface area (Å²) < 4.78 is 16.1. The molecule has 1 atom stereocenters. The highest BCUT2D eigenvalue weighted by Gasteiger charge is 2.07. The molecule has 0 saturated heterocycles. The summed E-state index contributed by atoms with van der Waals surface area (Å²) in [7, 11) is 3.25. The Bertz CT molecular complexity index is 643. The number of aliphatic hydroxyl groups is 1. The first-order valence-corrected chi connectivity index (χ1v) is 8.41. The lowest BCUT2D eigenvalue weighted by molar-refractivity contribution is 0.106. The van der Waals surface area contributed by atoms with Gasteiger partial charge in [-0.3, -0.25) is 0 Å². The molecule has 0 saturated carbocycles. The Kier molecular flexibility index (Phi) is 7.57. The minimum atomic E-state index is -0.549. The number of rotatable bonds is 10. The maximum Gasteiger partial charge on any atom is 0.160 e. The van der Waals surface area contributed by atoms with Gasteiger partial charge in [0.1, 0.15) is 18.5 Å². The zero-order chi connectivity index (χ0) is 18.1. The zero-order valence-corrected chi connectivity index (χ0v) is 15.1. The molecule has 2 rings (SSSR count). The van der Waals surface area contributed by atoms with E-state index in [4.69, 9.17) is 14.2 Å². The summed E-state index contributed by atoms with van der Waals surface area (Å²) in [6.45, 7) is 3.55. The SMILES string of the molecule is COc1ccc(CCNC[C@H](O)COc2ccc(C)cc2)cc1OC. The first kappa shape index (κ1) is 19.1. The molecule has 0 amide bonds. The number of aryl methyl sites for hydroxylation is 1. The van der Waals surface area contributed by atoms with Crippen LogP contribution in [-0.4, -0.2) is 45.1 Å². The summed E-state index contributed by atoms with van der Waals surface area (Å²) in [6, 6.07) is 13.7. The second kappa shape index (κ2) is 9.91. The Hall–Kier alpha value is -2.24. The Labute approximate surface area is 149 Å². The monoisotopic (exact) mass is 345 g/mol. The molecule has 0 fully saturated rings. The van der Waals surface area contributed by atoms with Crippen LogP contribution in [-0.2, 0) is 6.42 Å². The van der Waals surface area contributed by atoms with Crippen molar-refractivity contribution in [3.63, 3.8) is 0 Å². The Morgan fingerprint density at radius 3 is 2.40 bits per heavy atom. The van der Waals surface area contributed by atoms with Crippen molar-refractivity contribution < 1.29 is 19.3 Å². The van der Waals surface area contributed by atoms with Gasteiger partial charge in [0.2, 0.25) is 0 Å². The molecule has 2 aromatic carbocycles. The molecule has 2 aromatic rings. The topological polar surface area (TPSA) is 60.0 Å². The zero-order valence-electron chi connectivity index (χ0n) is 15.1. The lowest BCUT2D eigenvalue weighted by Crippen LogP contribution is -2.32. The van der Waals surface area contributed by atoms with E-state index in [2.05, 4.69) is 5.32 Å². The quantitative estimate of drug-likeness (QED) is 0.648. The predicted octanol–water partition coefficient (Wildman–Crippen LogP) is 2.58. The van der Waals surface area contributed by atoms with Crippen LogP contribution in [0.3, 0.4) is 0 Å². The molecule has 5 heteroatoms. The van der Waals surface area contributed by atoms with Crippen molar-refractivity contribution in [1.82, 2.24) is 5.32 Å². The fourth-order valence-corrected chi connectivity index (χ4v) is 2.42. The molecule has 0 heterocycles. The van der Waals surface area contributed by atoms with E-state index in [1.807, 2.05) is 49.4 Å². The van der Waals surface area contributed by atoms with Crippen LogP contribution in [0.4, 0.5) is 0 Å². The maximum absolute atomic E-state index is 9.99. The van der Waals surface area contributed by atoms with E-state index in [9.17, 15) is 5.11 Å². The third kappa shape index (κ3) is 6.29. The maximum atomic E-state index is 9.99.